The van der Waals surface area contributed by atoms with Crippen LogP contribution < -0.4 is 14.7 Å². The van der Waals surface area contributed by atoms with E-state index < -0.39 is 0 Å². The molecule has 3 rings (SSSR count). The number of hydrogen-bond acceptors (Lipinski definition) is 6. The molecule has 0 saturated carbocycles. The Morgan fingerprint density at radius 1 is 1.30 bits per heavy atom. The second-order valence-corrected chi connectivity index (χ2v) is 6.34. The van der Waals surface area contributed by atoms with Crippen LogP contribution in [0, 0.1) is 0 Å². The summed E-state index contributed by atoms with van der Waals surface area (Å²) in [6, 6.07) is 3.61. The number of likely N-dealkylation sites (N-methyl/N-ethyl adjacent to an activating group) is 2. The van der Waals surface area contributed by atoms with Gasteiger partial charge in [0.2, 0.25) is 11.9 Å². The highest BCUT2D eigenvalue weighted by atomic mass is 16.2. The van der Waals surface area contributed by atoms with Crippen molar-refractivity contribution in [1.29, 1.82) is 0 Å². The van der Waals surface area contributed by atoms with Gasteiger partial charge in [-0.25, -0.2) is 4.98 Å². The van der Waals surface area contributed by atoms with Gasteiger partial charge < -0.3 is 9.80 Å². The molecule has 3 heterocycles. The summed E-state index contributed by atoms with van der Waals surface area (Å²) < 4.78 is 0. The van der Waals surface area contributed by atoms with Crippen LogP contribution in [0.15, 0.2) is 35.7 Å². The first-order valence-corrected chi connectivity index (χ1v) is 9.05. The summed E-state index contributed by atoms with van der Waals surface area (Å²) in [5, 5.41) is 0. The van der Waals surface area contributed by atoms with Crippen molar-refractivity contribution in [2.45, 2.75) is 26.3 Å². The molecule has 8 heteroatoms. The number of rotatable bonds is 4. The predicted molar refractivity (Wildman–Crippen MR) is 108 cm³/mol. The highest BCUT2D eigenvalue weighted by Gasteiger charge is 2.35. The van der Waals surface area contributed by atoms with E-state index in [4.69, 9.17) is 4.98 Å². The van der Waals surface area contributed by atoms with Crippen molar-refractivity contribution in [3.05, 3.63) is 36.3 Å². The summed E-state index contributed by atoms with van der Waals surface area (Å²) in [6.07, 6.45) is 5.93. The lowest BCUT2D eigenvalue weighted by Gasteiger charge is -2.38. The van der Waals surface area contributed by atoms with E-state index >= 15 is 0 Å². The summed E-state index contributed by atoms with van der Waals surface area (Å²) in [4.78, 5) is 36.0. The first-order chi connectivity index (χ1) is 13.0. The molecule has 0 aliphatic carbocycles. The molecule has 2 aromatic heterocycles. The number of amides is 1. The van der Waals surface area contributed by atoms with Gasteiger partial charge in [-0.3, -0.25) is 19.7 Å². The number of hydrogen-bond donors (Lipinski definition) is 0. The summed E-state index contributed by atoms with van der Waals surface area (Å²) in [7, 11) is 5.42. The van der Waals surface area contributed by atoms with Crippen LogP contribution in [0.4, 0.5) is 17.5 Å². The van der Waals surface area contributed by atoms with Crippen molar-refractivity contribution in [3.63, 3.8) is 0 Å². The van der Waals surface area contributed by atoms with Gasteiger partial charge in [-0.2, -0.15) is 4.98 Å². The Hall–Kier alpha value is -3.03. The normalized spacial score (nSPS) is 17.1. The highest BCUT2D eigenvalue weighted by molar-refractivity contribution is 6.09. The van der Waals surface area contributed by atoms with Crippen LogP contribution in [0.3, 0.4) is 0 Å². The van der Waals surface area contributed by atoms with E-state index in [1.165, 1.54) is 0 Å². The lowest BCUT2D eigenvalue weighted by Crippen LogP contribution is -2.51. The van der Waals surface area contributed by atoms with Crippen LogP contribution in [0.1, 0.15) is 25.8 Å². The fourth-order valence-electron chi connectivity index (χ4n) is 3.37. The standard InChI is InChI=1S/C19H25N7O/c1-6-14-18(27)25(5)15-12-22-19(23-17(15)24(14)4)26(7-2)16(20-3)13-9-8-10-21-11-13/h8-12,14H,6-7H2,1-5H3. The van der Waals surface area contributed by atoms with Crippen LogP contribution in [0.5, 0.6) is 0 Å². The Bertz CT molecular complexity index is 852. The van der Waals surface area contributed by atoms with Gasteiger partial charge in [0.1, 0.15) is 17.6 Å². The number of aromatic nitrogens is 3. The average molecular weight is 367 g/mol. The van der Waals surface area contributed by atoms with Gasteiger partial charge in [-0.15, -0.1) is 0 Å². The third-order valence-corrected chi connectivity index (χ3v) is 4.85. The molecule has 0 aromatic carbocycles. The number of aliphatic imine (C=N–C) groups is 1. The third kappa shape index (κ3) is 3.22. The molecule has 1 unspecified atom stereocenters. The van der Waals surface area contributed by atoms with Gasteiger partial charge >= 0.3 is 0 Å². The van der Waals surface area contributed by atoms with Crippen molar-refractivity contribution >= 4 is 29.2 Å². The van der Waals surface area contributed by atoms with Crippen molar-refractivity contribution in [2.24, 2.45) is 4.99 Å². The minimum absolute atomic E-state index is 0.0577. The number of amidine groups is 1. The molecule has 1 amide bonds. The summed E-state index contributed by atoms with van der Waals surface area (Å²) in [6.45, 7) is 4.68. The zero-order valence-electron chi connectivity index (χ0n) is 16.4. The van der Waals surface area contributed by atoms with Crippen molar-refractivity contribution in [1.82, 2.24) is 15.0 Å². The first kappa shape index (κ1) is 18.8. The highest BCUT2D eigenvalue weighted by Crippen LogP contribution is 2.34. The number of fused-ring (bicyclic) bond motifs is 1. The van der Waals surface area contributed by atoms with E-state index in [9.17, 15) is 4.79 Å². The quantitative estimate of drug-likeness (QED) is 0.607. The Labute approximate surface area is 159 Å². The molecule has 1 atom stereocenters. The van der Waals surface area contributed by atoms with Crippen LogP contribution in [-0.4, -0.2) is 60.4 Å². The molecule has 0 saturated heterocycles. The van der Waals surface area contributed by atoms with E-state index in [0.717, 1.165) is 17.2 Å². The number of nitrogens with zero attached hydrogens (tertiary/aromatic N) is 7. The van der Waals surface area contributed by atoms with Crippen molar-refractivity contribution in [3.8, 4) is 0 Å². The van der Waals surface area contributed by atoms with Crippen LogP contribution in [0.2, 0.25) is 0 Å². The summed E-state index contributed by atoms with van der Waals surface area (Å²) in [5.41, 5.74) is 1.61. The maximum atomic E-state index is 12.5. The van der Waals surface area contributed by atoms with E-state index in [1.807, 2.05) is 42.8 Å². The zero-order chi connectivity index (χ0) is 19.6. The van der Waals surface area contributed by atoms with E-state index in [1.54, 1.807) is 37.6 Å². The SMILES string of the molecule is CCC1C(=O)N(C)c2cnc(N(CC)C(=NC)c3cccnc3)nc2N1C. The molecule has 0 N–H and O–H groups in total. The fraction of sp³-hybridized carbons (Fsp3) is 0.421. The lowest BCUT2D eigenvalue weighted by atomic mass is 10.1. The molecule has 27 heavy (non-hydrogen) atoms. The van der Waals surface area contributed by atoms with E-state index in [2.05, 4.69) is 15.0 Å². The predicted octanol–water partition coefficient (Wildman–Crippen LogP) is 1.97. The number of carbonyl (C=O) groups excluding carboxylic acids is 1. The Morgan fingerprint density at radius 3 is 2.67 bits per heavy atom. The Morgan fingerprint density at radius 2 is 2.07 bits per heavy atom. The molecule has 0 radical (unpaired) electrons. The molecular weight excluding hydrogens is 342 g/mol. The van der Waals surface area contributed by atoms with Gasteiger partial charge in [-0.05, 0) is 25.5 Å². The average Bonchev–Trinajstić information content (AvgIpc) is 2.71. The Balaban J connectivity index is 2.05. The van der Waals surface area contributed by atoms with E-state index in [-0.39, 0.29) is 11.9 Å². The number of pyridine rings is 1. The van der Waals surface area contributed by atoms with Gasteiger partial charge in [0.05, 0.1) is 6.20 Å². The topological polar surface area (TPSA) is 77.8 Å². The molecule has 0 spiro atoms. The van der Waals surface area contributed by atoms with Crippen LogP contribution >= 0.6 is 0 Å². The smallest absolute Gasteiger partial charge is 0.249 e. The van der Waals surface area contributed by atoms with E-state index in [0.29, 0.717) is 24.6 Å². The Kier molecular flexibility index (Phi) is 5.34. The number of anilines is 3. The molecule has 1 aliphatic heterocycles. The largest absolute Gasteiger partial charge is 0.346 e. The van der Waals surface area contributed by atoms with Crippen molar-refractivity contribution < 1.29 is 4.79 Å². The molecule has 0 bridgehead atoms. The molecule has 0 fully saturated rings. The fourth-order valence-corrected chi connectivity index (χ4v) is 3.37. The molecule has 1 aliphatic rings. The molecule has 142 valence electrons. The third-order valence-electron chi connectivity index (χ3n) is 4.85. The van der Waals surface area contributed by atoms with Gasteiger partial charge in [0, 0.05) is 45.6 Å². The van der Waals surface area contributed by atoms with Gasteiger partial charge in [-0.1, -0.05) is 6.92 Å². The molecular formula is C19H25N7O. The van der Waals surface area contributed by atoms with Crippen LogP contribution in [0.25, 0.3) is 0 Å². The van der Waals surface area contributed by atoms with Crippen molar-refractivity contribution in [2.75, 3.05) is 42.4 Å². The number of carbonyl (C=O) groups is 1. The second-order valence-electron chi connectivity index (χ2n) is 6.34. The zero-order valence-corrected chi connectivity index (χ0v) is 16.4. The van der Waals surface area contributed by atoms with Gasteiger partial charge in [0.15, 0.2) is 5.82 Å². The second kappa shape index (κ2) is 7.69. The molecule has 2 aromatic rings. The minimum atomic E-state index is -0.224. The minimum Gasteiger partial charge on any atom is -0.346 e. The maximum absolute atomic E-state index is 12.5. The maximum Gasteiger partial charge on any atom is 0.249 e. The van der Waals surface area contributed by atoms with Crippen LogP contribution in [-0.2, 0) is 4.79 Å². The summed E-state index contributed by atoms with van der Waals surface area (Å²) >= 11 is 0. The first-order valence-electron chi connectivity index (χ1n) is 9.05. The van der Waals surface area contributed by atoms with Gasteiger partial charge in [0.25, 0.3) is 0 Å². The lowest BCUT2D eigenvalue weighted by molar-refractivity contribution is -0.119. The monoisotopic (exact) mass is 367 g/mol. The molecule has 8 nitrogen and oxygen atoms in total. The summed E-state index contributed by atoms with van der Waals surface area (Å²) in [5.74, 6) is 2.10.